The highest BCUT2D eigenvalue weighted by Gasteiger charge is 2.01. The van der Waals surface area contributed by atoms with Crippen molar-refractivity contribution in [2.75, 3.05) is 12.3 Å². The average Bonchev–Trinajstić information content (AvgIpc) is 2.33. The van der Waals surface area contributed by atoms with E-state index in [0.29, 0.717) is 6.61 Å². The molecule has 2 aromatic rings. The highest BCUT2D eigenvalue weighted by molar-refractivity contribution is 14.1. The smallest absolute Gasteiger partial charge is 0.132 e. The number of hydrogen-bond acceptors (Lipinski definition) is 3. The van der Waals surface area contributed by atoms with E-state index < -0.39 is 0 Å². The van der Waals surface area contributed by atoms with Crippen molar-refractivity contribution in [3.05, 3.63) is 51.9 Å². The van der Waals surface area contributed by atoms with Crippen LogP contribution < -0.4 is 10.5 Å². The van der Waals surface area contributed by atoms with Crippen LogP contribution in [0.15, 0.2) is 42.6 Å². The van der Waals surface area contributed by atoms with Gasteiger partial charge in [-0.3, -0.25) is 4.98 Å². The third kappa shape index (κ3) is 3.59. The Labute approximate surface area is 114 Å². The molecule has 0 aliphatic heterocycles. The Hall–Kier alpha value is -1.30. The summed E-state index contributed by atoms with van der Waals surface area (Å²) in [7, 11) is 0. The van der Waals surface area contributed by atoms with Crippen molar-refractivity contribution in [3.63, 3.8) is 0 Å². The lowest BCUT2D eigenvalue weighted by molar-refractivity contribution is 0.318. The van der Waals surface area contributed by atoms with Crippen LogP contribution in [0.25, 0.3) is 0 Å². The third-order valence-electron chi connectivity index (χ3n) is 2.30. The molecular weight excluding hydrogens is 327 g/mol. The van der Waals surface area contributed by atoms with Crippen molar-refractivity contribution in [2.24, 2.45) is 0 Å². The molecule has 88 valence electrons. The van der Waals surface area contributed by atoms with Crippen molar-refractivity contribution >= 4 is 28.3 Å². The Bertz CT molecular complexity index is 488. The lowest BCUT2D eigenvalue weighted by atomic mass is 10.3. The molecule has 0 fully saturated rings. The van der Waals surface area contributed by atoms with Crippen molar-refractivity contribution in [2.45, 2.75) is 6.42 Å². The number of benzene rings is 1. The number of ether oxygens (including phenoxy) is 1. The van der Waals surface area contributed by atoms with E-state index in [0.717, 1.165) is 27.1 Å². The summed E-state index contributed by atoms with van der Waals surface area (Å²) in [5.74, 6) is 0.871. The number of halogens is 1. The van der Waals surface area contributed by atoms with Gasteiger partial charge in [0.05, 0.1) is 10.2 Å². The molecule has 0 aliphatic carbocycles. The summed E-state index contributed by atoms with van der Waals surface area (Å²) in [6, 6.07) is 11.5. The number of rotatable bonds is 4. The fraction of sp³-hybridized carbons (Fsp3) is 0.154. The molecule has 0 atom stereocenters. The minimum atomic E-state index is 0.622. The van der Waals surface area contributed by atoms with E-state index in [-0.39, 0.29) is 0 Å². The lowest BCUT2D eigenvalue weighted by Gasteiger charge is -2.08. The van der Waals surface area contributed by atoms with Crippen LogP contribution in [0.5, 0.6) is 5.75 Å². The van der Waals surface area contributed by atoms with Crippen LogP contribution in [0.2, 0.25) is 0 Å². The number of anilines is 1. The van der Waals surface area contributed by atoms with Crippen LogP contribution in [0.3, 0.4) is 0 Å². The Morgan fingerprint density at radius 2 is 2.12 bits per heavy atom. The number of nitrogens with zero attached hydrogens (tertiary/aromatic N) is 1. The van der Waals surface area contributed by atoms with Crippen LogP contribution >= 0.6 is 22.6 Å². The molecule has 2 rings (SSSR count). The summed E-state index contributed by atoms with van der Waals surface area (Å²) >= 11 is 2.22. The summed E-state index contributed by atoms with van der Waals surface area (Å²) in [6.45, 7) is 0.622. The molecule has 0 saturated heterocycles. The number of nitrogen functional groups attached to an aromatic ring is 1. The summed E-state index contributed by atoms with van der Waals surface area (Å²) in [4.78, 5) is 4.24. The quantitative estimate of drug-likeness (QED) is 0.688. The van der Waals surface area contributed by atoms with Gasteiger partial charge in [-0.1, -0.05) is 6.07 Å². The molecule has 0 amide bonds. The topological polar surface area (TPSA) is 48.1 Å². The van der Waals surface area contributed by atoms with Gasteiger partial charge in [-0.05, 0) is 52.9 Å². The van der Waals surface area contributed by atoms with Gasteiger partial charge < -0.3 is 10.5 Å². The highest BCUT2D eigenvalue weighted by Crippen LogP contribution is 2.23. The normalized spacial score (nSPS) is 10.2. The Morgan fingerprint density at radius 3 is 2.82 bits per heavy atom. The monoisotopic (exact) mass is 340 g/mol. The van der Waals surface area contributed by atoms with E-state index in [9.17, 15) is 0 Å². The first-order valence-electron chi connectivity index (χ1n) is 5.33. The first kappa shape index (κ1) is 12.2. The molecule has 0 bridgehead atoms. The maximum atomic E-state index is 5.69. The van der Waals surface area contributed by atoms with E-state index in [2.05, 4.69) is 27.6 Å². The zero-order valence-electron chi connectivity index (χ0n) is 9.27. The molecule has 1 aromatic heterocycles. The van der Waals surface area contributed by atoms with Crippen molar-refractivity contribution < 1.29 is 4.74 Å². The molecule has 3 nitrogen and oxygen atoms in total. The van der Waals surface area contributed by atoms with Crippen molar-refractivity contribution in [1.82, 2.24) is 4.98 Å². The van der Waals surface area contributed by atoms with Gasteiger partial charge in [-0.2, -0.15) is 0 Å². The second kappa shape index (κ2) is 5.86. The zero-order chi connectivity index (χ0) is 12.1. The van der Waals surface area contributed by atoms with E-state index in [4.69, 9.17) is 10.5 Å². The summed E-state index contributed by atoms with van der Waals surface area (Å²) in [6.07, 6.45) is 2.60. The van der Waals surface area contributed by atoms with E-state index in [1.807, 2.05) is 36.4 Å². The number of nitrogens with two attached hydrogens (primary N) is 1. The minimum absolute atomic E-state index is 0.622. The first-order chi connectivity index (χ1) is 8.25. The molecule has 4 heteroatoms. The molecule has 1 aromatic carbocycles. The maximum absolute atomic E-state index is 5.69. The molecule has 0 saturated carbocycles. The second-order valence-electron chi connectivity index (χ2n) is 3.61. The summed E-state index contributed by atoms with van der Waals surface area (Å²) < 4.78 is 6.72. The van der Waals surface area contributed by atoms with Crippen LogP contribution in [-0.2, 0) is 6.42 Å². The van der Waals surface area contributed by atoms with E-state index in [1.165, 1.54) is 0 Å². The van der Waals surface area contributed by atoms with Gasteiger partial charge in [-0.25, -0.2) is 0 Å². The Balaban J connectivity index is 1.90. The molecule has 2 N–H and O–H groups in total. The van der Waals surface area contributed by atoms with E-state index >= 15 is 0 Å². The van der Waals surface area contributed by atoms with Gasteiger partial charge in [0.25, 0.3) is 0 Å². The average molecular weight is 340 g/mol. The Kier molecular flexibility index (Phi) is 4.19. The maximum Gasteiger partial charge on any atom is 0.132 e. The molecule has 0 aliphatic rings. The third-order valence-corrected chi connectivity index (χ3v) is 3.14. The zero-order valence-corrected chi connectivity index (χ0v) is 11.4. The standard InChI is InChI=1S/C13H13IN2O/c14-12-9-10(15)4-5-13(12)17-8-6-11-3-1-2-7-16-11/h1-5,7,9H,6,8,15H2. The lowest BCUT2D eigenvalue weighted by Crippen LogP contribution is -2.03. The predicted molar refractivity (Wildman–Crippen MR) is 77.0 cm³/mol. The van der Waals surface area contributed by atoms with Gasteiger partial charge in [-0.15, -0.1) is 0 Å². The first-order valence-corrected chi connectivity index (χ1v) is 6.41. The number of hydrogen-bond donors (Lipinski definition) is 1. The molecule has 1 heterocycles. The van der Waals surface area contributed by atoms with Crippen molar-refractivity contribution in [1.29, 1.82) is 0 Å². The molecule has 0 spiro atoms. The summed E-state index contributed by atoms with van der Waals surface area (Å²) in [5, 5.41) is 0. The Morgan fingerprint density at radius 1 is 1.24 bits per heavy atom. The van der Waals surface area contributed by atoms with Gasteiger partial charge >= 0.3 is 0 Å². The fourth-order valence-electron chi connectivity index (χ4n) is 1.45. The predicted octanol–water partition coefficient (Wildman–Crippen LogP) is 2.89. The molecule has 0 unspecified atom stereocenters. The molecule has 17 heavy (non-hydrogen) atoms. The second-order valence-corrected chi connectivity index (χ2v) is 4.77. The van der Waals surface area contributed by atoms with Crippen LogP contribution in [0.4, 0.5) is 5.69 Å². The molecular formula is C13H13IN2O. The van der Waals surface area contributed by atoms with Crippen LogP contribution in [0.1, 0.15) is 5.69 Å². The van der Waals surface area contributed by atoms with Gasteiger partial charge in [0.2, 0.25) is 0 Å². The fourth-order valence-corrected chi connectivity index (χ4v) is 2.14. The highest BCUT2D eigenvalue weighted by atomic mass is 127. The van der Waals surface area contributed by atoms with Gasteiger partial charge in [0.1, 0.15) is 5.75 Å². The van der Waals surface area contributed by atoms with Gasteiger partial charge in [0, 0.05) is 24.0 Å². The number of pyridine rings is 1. The summed E-state index contributed by atoms with van der Waals surface area (Å²) in [5.41, 5.74) is 7.47. The minimum Gasteiger partial charge on any atom is -0.492 e. The largest absolute Gasteiger partial charge is 0.492 e. The number of aromatic nitrogens is 1. The van der Waals surface area contributed by atoms with Gasteiger partial charge in [0.15, 0.2) is 0 Å². The SMILES string of the molecule is Nc1ccc(OCCc2ccccn2)c(I)c1. The van der Waals surface area contributed by atoms with Crippen LogP contribution in [-0.4, -0.2) is 11.6 Å². The van der Waals surface area contributed by atoms with Crippen molar-refractivity contribution in [3.8, 4) is 5.75 Å². The van der Waals surface area contributed by atoms with Crippen LogP contribution in [0, 0.1) is 3.57 Å². The molecule has 0 radical (unpaired) electrons. The van der Waals surface area contributed by atoms with E-state index in [1.54, 1.807) is 6.20 Å².